The first-order chi connectivity index (χ1) is 8.93. The van der Waals surface area contributed by atoms with Gasteiger partial charge in [-0.1, -0.05) is 13.8 Å². The summed E-state index contributed by atoms with van der Waals surface area (Å²) in [6.45, 7) is 5.12. The first kappa shape index (κ1) is 15.9. The van der Waals surface area contributed by atoms with Crippen LogP contribution in [0.15, 0.2) is 0 Å². The van der Waals surface area contributed by atoms with Gasteiger partial charge in [0.25, 0.3) is 0 Å². The van der Waals surface area contributed by atoms with Crippen LogP contribution in [0.4, 0.5) is 0 Å². The van der Waals surface area contributed by atoms with Gasteiger partial charge in [0.1, 0.15) is 0 Å². The molecule has 0 radical (unpaired) electrons. The summed E-state index contributed by atoms with van der Waals surface area (Å²) in [5.74, 6) is -1.17. The smallest absolute Gasteiger partial charge is 0.311 e. The highest BCUT2D eigenvalue weighted by Crippen LogP contribution is 2.30. The fraction of sp³-hybridized carbons (Fsp3) is 0.846. The van der Waals surface area contributed by atoms with Crippen molar-refractivity contribution >= 4 is 11.9 Å². The van der Waals surface area contributed by atoms with Crippen LogP contribution in [0.25, 0.3) is 0 Å². The van der Waals surface area contributed by atoms with E-state index in [2.05, 4.69) is 5.32 Å². The summed E-state index contributed by atoms with van der Waals surface area (Å²) in [5.41, 5.74) is 4.68. The lowest BCUT2D eigenvalue weighted by Gasteiger charge is -2.33. The number of ether oxygens (including phenoxy) is 1. The zero-order valence-electron chi connectivity index (χ0n) is 11.6. The number of nitrogens with two attached hydrogens (primary N) is 1. The number of carboxylic acids is 1. The molecule has 6 nitrogen and oxygen atoms in total. The Morgan fingerprint density at radius 1 is 1.37 bits per heavy atom. The number of hydrogen-bond donors (Lipinski definition) is 3. The summed E-state index contributed by atoms with van der Waals surface area (Å²) in [7, 11) is 0. The molecular weight excluding hydrogens is 248 g/mol. The molecule has 0 aromatic heterocycles. The summed E-state index contributed by atoms with van der Waals surface area (Å²) in [5, 5.41) is 12.1. The van der Waals surface area contributed by atoms with Gasteiger partial charge in [0.2, 0.25) is 5.91 Å². The van der Waals surface area contributed by atoms with Gasteiger partial charge in [0.05, 0.1) is 11.3 Å². The van der Waals surface area contributed by atoms with E-state index in [-0.39, 0.29) is 30.8 Å². The minimum atomic E-state index is -0.899. The van der Waals surface area contributed by atoms with Crippen molar-refractivity contribution in [3.05, 3.63) is 0 Å². The SMILES string of the molecule is CC(C)C(CN)C(=O)NCC1(C(=O)O)CCOCC1. The number of carboxylic acid groups (broad SMARTS) is 1. The predicted octanol–water partition coefficient (Wildman–Crippen LogP) is 0.215. The zero-order valence-corrected chi connectivity index (χ0v) is 11.6. The molecule has 1 heterocycles. The number of carbonyl (C=O) groups is 2. The number of nitrogens with one attached hydrogen (secondary N) is 1. The second-order valence-corrected chi connectivity index (χ2v) is 5.50. The fourth-order valence-electron chi connectivity index (χ4n) is 2.30. The Balaban J connectivity index is 2.61. The minimum Gasteiger partial charge on any atom is -0.481 e. The van der Waals surface area contributed by atoms with Crippen molar-refractivity contribution in [1.82, 2.24) is 5.32 Å². The normalized spacial score (nSPS) is 20.0. The first-order valence-corrected chi connectivity index (χ1v) is 6.72. The maximum Gasteiger partial charge on any atom is 0.311 e. The van der Waals surface area contributed by atoms with Gasteiger partial charge in [-0.2, -0.15) is 0 Å². The monoisotopic (exact) mass is 272 g/mol. The van der Waals surface area contributed by atoms with Crippen molar-refractivity contribution < 1.29 is 19.4 Å². The van der Waals surface area contributed by atoms with Crippen molar-refractivity contribution in [2.75, 3.05) is 26.3 Å². The summed E-state index contributed by atoms with van der Waals surface area (Å²) in [4.78, 5) is 23.4. The van der Waals surface area contributed by atoms with Crippen molar-refractivity contribution in [2.45, 2.75) is 26.7 Å². The van der Waals surface area contributed by atoms with E-state index in [1.165, 1.54) is 0 Å². The molecule has 1 aliphatic heterocycles. The summed E-state index contributed by atoms with van der Waals surface area (Å²) >= 11 is 0. The van der Waals surface area contributed by atoms with Crippen LogP contribution < -0.4 is 11.1 Å². The van der Waals surface area contributed by atoms with E-state index in [4.69, 9.17) is 10.5 Å². The lowest BCUT2D eigenvalue weighted by molar-refractivity contribution is -0.154. The van der Waals surface area contributed by atoms with Gasteiger partial charge in [-0.15, -0.1) is 0 Å². The molecule has 1 amide bonds. The Morgan fingerprint density at radius 3 is 2.37 bits per heavy atom. The van der Waals surface area contributed by atoms with Gasteiger partial charge in [-0.05, 0) is 18.8 Å². The molecule has 1 atom stereocenters. The second kappa shape index (κ2) is 6.86. The Labute approximate surface area is 113 Å². The highest BCUT2D eigenvalue weighted by atomic mass is 16.5. The van der Waals surface area contributed by atoms with E-state index in [1.54, 1.807) is 0 Å². The molecule has 0 aromatic carbocycles. The van der Waals surface area contributed by atoms with E-state index >= 15 is 0 Å². The molecule has 1 aliphatic rings. The van der Waals surface area contributed by atoms with Gasteiger partial charge < -0.3 is 20.9 Å². The Bertz CT molecular complexity index is 325. The molecule has 0 bridgehead atoms. The molecule has 1 saturated heterocycles. The Hall–Kier alpha value is -1.14. The van der Waals surface area contributed by atoms with E-state index < -0.39 is 11.4 Å². The number of amides is 1. The summed E-state index contributed by atoms with van der Waals surface area (Å²) in [6.07, 6.45) is 0.856. The fourth-order valence-corrected chi connectivity index (χ4v) is 2.30. The van der Waals surface area contributed by atoms with Crippen LogP contribution >= 0.6 is 0 Å². The molecule has 1 unspecified atom stereocenters. The first-order valence-electron chi connectivity index (χ1n) is 6.72. The van der Waals surface area contributed by atoms with Gasteiger partial charge in [-0.25, -0.2) is 0 Å². The number of hydrogen-bond acceptors (Lipinski definition) is 4. The molecule has 110 valence electrons. The Morgan fingerprint density at radius 2 is 1.95 bits per heavy atom. The molecule has 6 heteroatoms. The van der Waals surface area contributed by atoms with Gasteiger partial charge in [0, 0.05) is 26.3 Å². The maximum absolute atomic E-state index is 12.0. The summed E-state index contributed by atoms with van der Waals surface area (Å²) in [6, 6.07) is 0. The van der Waals surface area contributed by atoms with Crippen molar-refractivity contribution in [3.8, 4) is 0 Å². The molecular formula is C13H24N2O4. The van der Waals surface area contributed by atoms with Crippen LogP contribution in [0.5, 0.6) is 0 Å². The highest BCUT2D eigenvalue weighted by Gasteiger charge is 2.40. The highest BCUT2D eigenvalue weighted by molar-refractivity contribution is 5.81. The van der Waals surface area contributed by atoms with Gasteiger partial charge >= 0.3 is 5.97 Å². The second-order valence-electron chi connectivity index (χ2n) is 5.50. The molecule has 0 aromatic rings. The molecule has 4 N–H and O–H groups in total. The molecule has 1 fully saturated rings. The minimum absolute atomic E-state index is 0.139. The maximum atomic E-state index is 12.0. The van der Waals surface area contributed by atoms with Crippen molar-refractivity contribution in [2.24, 2.45) is 23.0 Å². The third kappa shape index (κ3) is 3.91. The van der Waals surface area contributed by atoms with E-state index in [0.29, 0.717) is 26.1 Å². The largest absolute Gasteiger partial charge is 0.481 e. The summed E-state index contributed by atoms with van der Waals surface area (Å²) < 4.78 is 5.19. The molecule has 0 aliphatic carbocycles. The van der Waals surface area contributed by atoms with E-state index in [9.17, 15) is 14.7 Å². The number of aliphatic carboxylic acids is 1. The Kier molecular flexibility index (Phi) is 5.75. The predicted molar refractivity (Wildman–Crippen MR) is 70.5 cm³/mol. The van der Waals surface area contributed by atoms with E-state index in [1.807, 2.05) is 13.8 Å². The van der Waals surface area contributed by atoms with Crippen LogP contribution in [0.2, 0.25) is 0 Å². The lowest BCUT2D eigenvalue weighted by atomic mass is 9.80. The van der Waals surface area contributed by atoms with Crippen LogP contribution in [0.3, 0.4) is 0 Å². The van der Waals surface area contributed by atoms with Gasteiger partial charge in [-0.3, -0.25) is 9.59 Å². The lowest BCUT2D eigenvalue weighted by Crippen LogP contribution is -2.49. The molecule has 19 heavy (non-hydrogen) atoms. The molecule has 1 rings (SSSR count). The number of carbonyl (C=O) groups excluding carboxylic acids is 1. The topological polar surface area (TPSA) is 102 Å². The van der Waals surface area contributed by atoms with Crippen LogP contribution in [0, 0.1) is 17.3 Å². The van der Waals surface area contributed by atoms with Gasteiger partial charge in [0.15, 0.2) is 0 Å². The van der Waals surface area contributed by atoms with Crippen LogP contribution in [-0.2, 0) is 14.3 Å². The standard InChI is InChI=1S/C13H24N2O4/c1-9(2)10(7-14)11(16)15-8-13(12(17)18)3-5-19-6-4-13/h9-10H,3-8,14H2,1-2H3,(H,15,16)(H,17,18). The van der Waals surface area contributed by atoms with Crippen LogP contribution in [-0.4, -0.2) is 43.3 Å². The van der Waals surface area contributed by atoms with Crippen molar-refractivity contribution in [3.63, 3.8) is 0 Å². The molecule has 0 saturated carbocycles. The number of rotatable bonds is 6. The van der Waals surface area contributed by atoms with Crippen LogP contribution in [0.1, 0.15) is 26.7 Å². The average molecular weight is 272 g/mol. The third-order valence-corrected chi connectivity index (χ3v) is 3.90. The van der Waals surface area contributed by atoms with E-state index in [0.717, 1.165) is 0 Å². The zero-order chi connectivity index (χ0) is 14.5. The van der Waals surface area contributed by atoms with Crippen molar-refractivity contribution in [1.29, 1.82) is 0 Å². The quantitative estimate of drug-likeness (QED) is 0.642. The third-order valence-electron chi connectivity index (χ3n) is 3.90. The molecule has 0 spiro atoms. The average Bonchev–Trinajstić information content (AvgIpc) is 2.37.